The Labute approximate surface area is 98.9 Å². The highest BCUT2D eigenvalue weighted by Gasteiger charge is 2.26. The van der Waals surface area contributed by atoms with Crippen molar-refractivity contribution in [3.8, 4) is 0 Å². The number of rotatable bonds is 5. The number of aliphatic hydroxyl groups excluding tert-OH is 4. The van der Waals surface area contributed by atoms with Gasteiger partial charge in [0.15, 0.2) is 0 Å². The van der Waals surface area contributed by atoms with E-state index in [1.165, 1.54) is 12.4 Å². The summed E-state index contributed by atoms with van der Waals surface area (Å²) in [5.74, 6) is 0. The summed E-state index contributed by atoms with van der Waals surface area (Å²) in [5.41, 5.74) is 0.763. The van der Waals surface area contributed by atoms with E-state index in [1.54, 1.807) is 12.2 Å². The van der Waals surface area contributed by atoms with Gasteiger partial charge in [-0.3, -0.25) is 9.97 Å². The van der Waals surface area contributed by atoms with E-state index in [0.717, 1.165) is 0 Å². The largest absolute Gasteiger partial charge is 0.394 e. The van der Waals surface area contributed by atoms with Gasteiger partial charge in [0.2, 0.25) is 0 Å². The molecule has 0 fully saturated rings. The van der Waals surface area contributed by atoms with Crippen LogP contribution in [-0.4, -0.2) is 49.2 Å². The fourth-order valence-electron chi connectivity index (χ4n) is 1.25. The van der Waals surface area contributed by atoms with E-state index in [0.29, 0.717) is 5.69 Å². The zero-order chi connectivity index (χ0) is 12.8. The zero-order valence-electron chi connectivity index (χ0n) is 9.43. The van der Waals surface area contributed by atoms with Gasteiger partial charge in [0, 0.05) is 0 Å². The van der Waals surface area contributed by atoms with Crippen molar-refractivity contribution >= 4 is 6.08 Å². The third kappa shape index (κ3) is 3.57. The average Bonchev–Trinajstić information content (AvgIpc) is 2.37. The third-order valence-corrected chi connectivity index (χ3v) is 2.24. The molecule has 0 bridgehead atoms. The number of nitrogens with zero attached hydrogens (tertiary/aromatic N) is 2. The first-order chi connectivity index (χ1) is 8.10. The van der Waals surface area contributed by atoms with Crippen molar-refractivity contribution in [2.75, 3.05) is 6.61 Å². The van der Waals surface area contributed by atoms with Crippen LogP contribution in [0.4, 0.5) is 0 Å². The Balaban J connectivity index is 2.78. The Hall–Kier alpha value is -1.34. The monoisotopic (exact) mass is 240 g/mol. The van der Waals surface area contributed by atoms with Gasteiger partial charge in [0.1, 0.15) is 18.3 Å². The molecule has 0 aliphatic carbocycles. The molecular weight excluding hydrogens is 224 g/mol. The van der Waals surface area contributed by atoms with Crippen LogP contribution in [0.1, 0.15) is 24.4 Å². The second-order valence-electron chi connectivity index (χ2n) is 3.55. The summed E-state index contributed by atoms with van der Waals surface area (Å²) in [6, 6.07) is 0. The molecule has 94 valence electrons. The average molecular weight is 240 g/mol. The van der Waals surface area contributed by atoms with Crippen LogP contribution in [0.25, 0.3) is 6.08 Å². The van der Waals surface area contributed by atoms with Crippen molar-refractivity contribution in [2.24, 2.45) is 0 Å². The van der Waals surface area contributed by atoms with Crippen molar-refractivity contribution in [3.63, 3.8) is 0 Å². The molecule has 0 radical (unpaired) electrons. The first-order valence-electron chi connectivity index (χ1n) is 5.19. The van der Waals surface area contributed by atoms with Crippen molar-refractivity contribution < 1.29 is 20.4 Å². The summed E-state index contributed by atoms with van der Waals surface area (Å²) in [7, 11) is 0. The molecule has 0 spiro atoms. The fraction of sp³-hybridized carbons (Fsp3) is 0.455. The molecule has 0 saturated carbocycles. The van der Waals surface area contributed by atoms with Gasteiger partial charge in [0.05, 0.1) is 30.4 Å². The molecule has 0 aliphatic heterocycles. The van der Waals surface area contributed by atoms with Crippen molar-refractivity contribution in [1.82, 2.24) is 9.97 Å². The topological polar surface area (TPSA) is 107 Å². The number of hydrogen-bond acceptors (Lipinski definition) is 6. The normalized spacial score (nSPS) is 17.0. The molecule has 1 aromatic rings. The SMILES string of the molecule is C/C=C/c1cnc(C(O)C(O)[C@H](O)CO)cn1. The van der Waals surface area contributed by atoms with Crippen molar-refractivity contribution in [1.29, 1.82) is 0 Å². The van der Waals surface area contributed by atoms with Crippen LogP contribution in [-0.2, 0) is 0 Å². The molecule has 0 saturated heterocycles. The van der Waals surface area contributed by atoms with Crippen LogP contribution in [0.15, 0.2) is 18.5 Å². The molecule has 0 aliphatic rings. The van der Waals surface area contributed by atoms with Gasteiger partial charge in [-0.2, -0.15) is 0 Å². The fourth-order valence-corrected chi connectivity index (χ4v) is 1.25. The lowest BCUT2D eigenvalue weighted by molar-refractivity contribution is -0.0790. The lowest BCUT2D eigenvalue weighted by Gasteiger charge is -2.20. The van der Waals surface area contributed by atoms with E-state index < -0.39 is 24.9 Å². The third-order valence-electron chi connectivity index (χ3n) is 2.24. The van der Waals surface area contributed by atoms with Gasteiger partial charge >= 0.3 is 0 Å². The lowest BCUT2D eigenvalue weighted by atomic mass is 10.1. The maximum Gasteiger partial charge on any atom is 0.126 e. The molecular formula is C11H16N2O4. The maximum atomic E-state index is 9.67. The van der Waals surface area contributed by atoms with Gasteiger partial charge in [-0.15, -0.1) is 0 Å². The van der Waals surface area contributed by atoms with Gasteiger partial charge in [-0.1, -0.05) is 6.08 Å². The number of aliphatic hydroxyl groups is 4. The summed E-state index contributed by atoms with van der Waals surface area (Å²) in [4.78, 5) is 7.91. The second kappa shape index (κ2) is 6.41. The lowest BCUT2D eigenvalue weighted by Crippen LogP contribution is -2.35. The molecule has 6 nitrogen and oxygen atoms in total. The predicted molar refractivity (Wildman–Crippen MR) is 60.8 cm³/mol. The Morgan fingerprint density at radius 2 is 1.94 bits per heavy atom. The van der Waals surface area contributed by atoms with Gasteiger partial charge < -0.3 is 20.4 Å². The van der Waals surface area contributed by atoms with E-state index >= 15 is 0 Å². The van der Waals surface area contributed by atoms with Gasteiger partial charge in [0.25, 0.3) is 0 Å². The summed E-state index contributed by atoms with van der Waals surface area (Å²) < 4.78 is 0. The minimum atomic E-state index is -1.50. The Kier molecular flexibility index (Phi) is 5.17. The number of allylic oxidation sites excluding steroid dienone is 1. The van der Waals surface area contributed by atoms with Crippen LogP contribution in [0, 0.1) is 0 Å². The van der Waals surface area contributed by atoms with E-state index in [-0.39, 0.29) is 5.69 Å². The molecule has 3 atom stereocenters. The Bertz CT molecular complexity index is 366. The zero-order valence-corrected chi connectivity index (χ0v) is 9.43. The van der Waals surface area contributed by atoms with Crippen LogP contribution < -0.4 is 0 Å². The second-order valence-corrected chi connectivity index (χ2v) is 3.55. The number of aromatic nitrogens is 2. The van der Waals surface area contributed by atoms with Gasteiger partial charge in [-0.25, -0.2) is 0 Å². The van der Waals surface area contributed by atoms with E-state index in [4.69, 9.17) is 5.11 Å². The highest BCUT2D eigenvalue weighted by molar-refractivity contribution is 5.42. The summed E-state index contributed by atoms with van der Waals surface area (Å²) in [6.07, 6.45) is 1.99. The first kappa shape index (κ1) is 13.7. The van der Waals surface area contributed by atoms with Crippen LogP contribution in [0.2, 0.25) is 0 Å². The minimum absolute atomic E-state index is 0.137. The molecule has 1 rings (SSSR count). The minimum Gasteiger partial charge on any atom is -0.394 e. The summed E-state index contributed by atoms with van der Waals surface area (Å²) in [5, 5.41) is 37.0. The van der Waals surface area contributed by atoms with Crippen LogP contribution in [0.5, 0.6) is 0 Å². The first-order valence-corrected chi connectivity index (χ1v) is 5.19. The molecule has 1 aromatic heterocycles. The van der Waals surface area contributed by atoms with Crippen LogP contribution in [0.3, 0.4) is 0 Å². The molecule has 6 heteroatoms. The van der Waals surface area contributed by atoms with E-state index in [2.05, 4.69) is 9.97 Å². The molecule has 0 aromatic carbocycles. The molecule has 1 heterocycles. The number of hydrogen-bond donors (Lipinski definition) is 4. The van der Waals surface area contributed by atoms with Crippen LogP contribution >= 0.6 is 0 Å². The van der Waals surface area contributed by atoms with Crippen molar-refractivity contribution in [2.45, 2.75) is 25.2 Å². The van der Waals surface area contributed by atoms with E-state index in [9.17, 15) is 15.3 Å². The standard InChI is InChI=1S/C11H16N2O4/c1-2-3-7-4-13-8(5-12-7)10(16)11(17)9(15)6-14/h2-5,9-11,14-17H,6H2,1H3/b3-2+/t9-,10?,11?/m1/s1. The summed E-state index contributed by atoms with van der Waals surface area (Å²) >= 11 is 0. The van der Waals surface area contributed by atoms with Crippen molar-refractivity contribution in [3.05, 3.63) is 29.9 Å². The smallest absolute Gasteiger partial charge is 0.126 e. The predicted octanol–water partition coefficient (Wildman–Crippen LogP) is -0.743. The summed E-state index contributed by atoms with van der Waals surface area (Å²) in [6.45, 7) is 1.20. The molecule has 17 heavy (non-hydrogen) atoms. The molecule has 4 N–H and O–H groups in total. The Morgan fingerprint density at radius 3 is 2.41 bits per heavy atom. The van der Waals surface area contributed by atoms with Gasteiger partial charge in [-0.05, 0) is 13.0 Å². The molecule has 0 amide bonds. The highest BCUT2D eigenvalue weighted by Crippen LogP contribution is 2.16. The van der Waals surface area contributed by atoms with E-state index in [1.807, 2.05) is 6.92 Å². The highest BCUT2D eigenvalue weighted by atomic mass is 16.4. The molecule has 2 unspecified atom stereocenters. The maximum absolute atomic E-state index is 9.67. The quantitative estimate of drug-likeness (QED) is 0.540. The Morgan fingerprint density at radius 1 is 1.24 bits per heavy atom.